The van der Waals surface area contributed by atoms with Crippen molar-refractivity contribution in [3.63, 3.8) is 0 Å². The molecule has 0 radical (unpaired) electrons. The predicted octanol–water partition coefficient (Wildman–Crippen LogP) is 4.75. The summed E-state index contributed by atoms with van der Waals surface area (Å²) in [6, 6.07) is 14.1. The number of halogens is 2. The van der Waals surface area contributed by atoms with E-state index in [9.17, 15) is 13.6 Å². The molecule has 0 atom stereocenters. The van der Waals surface area contributed by atoms with Crippen LogP contribution in [0.3, 0.4) is 0 Å². The van der Waals surface area contributed by atoms with Gasteiger partial charge in [0.15, 0.2) is 0 Å². The number of rotatable bonds is 7. The van der Waals surface area contributed by atoms with Gasteiger partial charge in [-0.1, -0.05) is 23.9 Å². The second-order valence-electron chi connectivity index (χ2n) is 5.14. The Hall–Kier alpha value is -2.06. The predicted molar refractivity (Wildman–Crippen MR) is 99.2 cm³/mol. The highest BCUT2D eigenvalue weighted by Crippen LogP contribution is 2.26. The third-order valence-corrected chi connectivity index (χ3v) is 4.94. The minimum absolute atomic E-state index is 0.143. The molecule has 25 heavy (non-hydrogen) atoms. The summed E-state index contributed by atoms with van der Waals surface area (Å²) >= 11 is 1.93. The number of thioether (sulfide) groups is 2. The van der Waals surface area contributed by atoms with Crippen LogP contribution >= 0.6 is 23.5 Å². The van der Waals surface area contributed by atoms with E-state index in [2.05, 4.69) is 15.3 Å². The van der Waals surface area contributed by atoms with E-state index in [0.29, 0.717) is 28.1 Å². The van der Waals surface area contributed by atoms with Gasteiger partial charge >= 0.3 is 0 Å². The number of H-pyrrole nitrogens is 1. The number of nitrogens with zero attached hydrogens (tertiary/aromatic N) is 1. The lowest BCUT2D eigenvalue weighted by molar-refractivity contribution is -0.113. The molecule has 0 aliphatic carbocycles. The van der Waals surface area contributed by atoms with Crippen LogP contribution in [0.2, 0.25) is 0 Å². The van der Waals surface area contributed by atoms with Crippen LogP contribution in [-0.4, -0.2) is 27.4 Å². The van der Waals surface area contributed by atoms with Gasteiger partial charge < -0.3 is 10.3 Å². The number of carbonyl (C=O) groups is 1. The monoisotopic (exact) mass is 379 g/mol. The number of nitrogens with one attached hydrogen (secondary N) is 2. The molecule has 0 saturated heterocycles. The van der Waals surface area contributed by atoms with Crippen LogP contribution in [0.25, 0.3) is 11.0 Å². The number of amides is 1. The lowest BCUT2D eigenvalue weighted by atomic mass is 10.3. The fourth-order valence-electron chi connectivity index (χ4n) is 2.23. The van der Waals surface area contributed by atoms with Crippen LogP contribution in [0.1, 0.15) is 5.82 Å². The van der Waals surface area contributed by atoms with Crippen molar-refractivity contribution >= 4 is 46.2 Å². The molecule has 2 aromatic carbocycles. The molecule has 1 amide bonds. The van der Waals surface area contributed by atoms with E-state index in [1.165, 1.54) is 11.8 Å². The molecule has 1 aromatic heterocycles. The largest absolute Gasteiger partial charge is 0.341 e. The first-order valence-electron chi connectivity index (χ1n) is 7.46. The molecule has 130 valence electrons. The van der Waals surface area contributed by atoms with Gasteiger partial charge in [0.05, 0.1) is 22.5 Å². The summed E-state index contributed by atoms with van der Waals surface area (Å²) in [6.45, 7) is 0. The summed E-state index contributed by atoms with van der Waals surface area (Å²) in [4.78, 5) is 20.1. The molecular weight excluding hydrogens is 364 g/mol. The fourth-order valence-corrected chi connectivity index (χ4v) is 3.42. The Kier molecular flexibility index (Phi) is 5.93. The maximum Gasteiger partial charge on any atom is 0.288 e. The van der Waals surface area contributed by atoms with Gasteiger partial charge in [-0.2, -0.15) is 8.78 Å². The lowest BCUT2D eigenvalue weighted by Crippen LogP contribution is -2.14. The van der Waals surface area contributed by atoms with E-state index >= 15 is 0 Å². The van der Waals surface area contributed by atoms with Crippen LogP contribution in [-0.2, 0) is 10.5 Å². The number of benzene rings is 2. The Balaban J connectivity index is 1.46. The number of hydrogen-bond donors (Lipinski definition) is 2. The Bertz CT molecular complexity index is 819. The van der Waals surface area contributed by atoms with Crippen LogP contribution in [0.4, 0.5) is 14.5 Å². The van der Waals surface area contributed by atoms with Gasteiger partial charge in [-0.05, 0) is 36.4 Å². The summed E-state index contributed by atoms with van der Waals surface area (Å²) in [6.07, 6.45) is 0. The Morgan fingerprint density at radius 2 is 1.92 bits per heavy atom. The number of imidazole rings is 1. The summed E-state index contributed by atoms with van der Waals surface area (Å²) in [7, 11) is 0. The van der Waals surface area contributed by atoms with Crippen LogP contribution < -0.4 is 5.32 Å². The molecule has 3 aromatic rings. The molecule has 0 bridgehead atoms. The van der Waals surface area contributed by atoms with Crippen LogP contribution in [0.15, 0.2) is 53.4 Å². The number of fused-ring (bicyclic) bond motifs is 1. The molecule has 8 heteroatoms. The van der Waals surface area contributed by atoms with Crippen molar-refractivity contribution in [2.45, 2.75) is 16.4 Å². The second-order valence-corrected chi connectivity index (χ2v) is 7.19. The third kappa shape index (κ3) is 5.20. The highest BCUT2D eigenvalue weighted by Gasteiger charge is 2.07. The van der Waals surface area contributed by atoms with Gasteiger partial charge in [0.25, 0.3) is 5.76 Å². The zero-order chi connectivity index (χ0) is 17.6. The summed E-state index contributed by atoms with van der Waals surface area (Å²) in [5, 5.41) is 2.75. The van der Waals surface area contributed by atoms with Crippen molar-refractivity contribution in [3.8, 4) is 0 Å². The average molecular weight is 379 g/mol. The molecule has 1 heterocycles. The van der Waals surface area contributed by atoms with Crippen molar-refractivity contribution in [2.75, 3.05) is 11.1 Å². The van der Waals surface area contributed by atoms with Crippen molar-refractivity contribution in [2.24, 2.45) is 0 Å². The Morgan fingerprint density at radius 3 is 2.64 bits per heavy atom. The standard InChI is InChI=1S/C17H15F2N3OS2/c18-17(19)25-12-7-5-11(6-8-12)20-16(23)10-24-9-15-21-13-3-1-2-4-14(13)22-15/h1-8,17H,9-10H2,(H,20,23)(H,21,22). The molecule has 0 unspecified atom stereocenters. The van der Waals surface area contributed by atoms with E-state index in [0.717, 1.165) is 16.9 Å². The molecule has 0 aliphatic rings. The normalized spacial score (nSPS) is 11.2. The highest BCUT2D eigenvalue weighted by molar-refractivity contribution is 7.99. The smallest absolute Gasteiger partial charge is 0.288 e. The topological polar surface area (TPSA) is 57.8 Å². The number of aromatic nitrogens is 2. The highest BCUT2D eigenvalue weighted by atomic mass is 32.2. The summed E-state index contributed by atoms with van der Waals surface area (Å²) in [5.74, 6) is -0.880. The minimum Gasteiger partial charge on any atom is -0.341 e. The molecule has 0 saturated carbocycles. The van der Waals surface area contributed by atoms with Gasteiger partial charge in [-0.15, -0.1) is 11.8 Å². The quantitative estimate of drug-likeness (QED) is 0.582. The van der Waals surface area contributed by atoms with Crippen molar-refractivity contribution < 1.29 is 13.6 Å². The molecule has 3 rings (SSSR count). The lowest BCUT2D eigenvalue weighted by Gasteiger charge is -2.06. The van der Waals surface area contributed by atoms with Gasteiger partial charge in [-0.25, -0.2) is 4.98 Å². The zero-order valence-electron chi connectivity index (χ0n) is 13.0. The summed E-state index contributed by atoms with van der Waals surface area (Å²) in [5.41, 5.74) is 2.47. The van der Waals surface area contributed by atoms with Crippen molar-refractivity contribution in [1.82, 2.24) is 9.97 Å². The molecule has 4 nitrogen and oxygen atoms in total. The van der Waals surface area contributed by atoms with E-state index in [1.807, 2.05) is 24.3 Å². The number of aromatic amines is 1. The van der Waals surface area contributed by atoms with Crippen molar-refractivity contribution in [3.05, 3.63) is 54.4 Å². The van der Waals surface area contributed by atoms with E-state index < -0.39 is 5.76 Å². The van der Waals surface area contributed by atoms with E-state index in [-0.39, 0.29) is 11.7 Å². The zero-order valence-corrected chi connectivity index (χ0v) is 14.7. The van der Waals surface area contributed by atoms with Gasteiger partial charge in [0.2, 0.25) is 5.91 Å². The Labute approximate surface area is 151 Å². The average Bonchev–Trinajstić information content (AvgIpc) is 2.99. The minimum atomic E-state index is -2.45. The Morgan fingerprint density at radius 1 is 1.16 bits per heavy atom. The number of alkyl halides is 2. The summed E-state index contributed by atoms with van der Waals surface area (Å²) < 4.78 is 24.5. The second kappa shape index (κ2) is 8.35. The molecule has 0 fully saturated rings. The molecule has 0 aliphatic heterocycles. The van der Waals surface area contributed by atoms with Crippen LogP contribution in [0, 0.1) is 0 Å². The number of carbonyl (C=O) groups excluding carboxylic acids is 1. The first-order valence-corrected chi connectivity index (χ1v) is 9.50. The first kappa shape index (κ1) is 17.8. The maximum absolute atomic E-state index is 12.3. The van der Waals surface area contributed by atoms with Gasteiger partial charge in [-0.3, -0.25) is 4.79 Å². The van der Waals surface area contributed by atoms with Crippen molar-refractivity contribution in [1.29, 1.82) is 0 Å². The number of para-hydroxylation sites is 2. The van der Waals surface area contributed by atoms with Gasteiger partial charge in [0.1, 0.15) is 5.82 Å². The maximum atomic E-state index is 12.3. The first-order chi connectivity index (χ1) is 12.1. The molecular formula is C17H15F2N3OS2. The molecule has 0 spiro atoms. The SMILES string of the molecule is O=C(CSCc1nc2ccccc2[nH]1)Nc1ccc(SC(F)F)cc1. The van der Waals surface area contributed by atoms with E-state index in [4.69, 9.17) is 0 Å². The number of hydrogen-bond acceptors (Lipinski definition) is 4. The fraction of sp³-hybridized carbons (Fsp3) is 0.176. The molecule has 2 N–H and O–H groups in total. The third-order valence-electron chi connectivity index (χ3n) is 3.27. The van der Waals surface area contributed by atoms with Gasteiger partial charge in [0, 0.05) is 10.6 Å². The number of anilines is 1. The van der Waals surface area contributed by atoms with E-state index in [1.54, 1.807) is 24.3 Å². The van der Waals surface area contributed by atoms with Crippen LogP contribution in [0.5, 0.6) is 0 Å².